The molecule has 0 spiro atoms. The summed E-state index contributed by atoms with van der Waals surface area (Å²) in [6.07, 6.45) is 3.92. The summed E-state index contributed by atoms with van der Waals surface area (Å²) in [5.74, 6) is 0.580. The molecule has 0 fully saturated rings. The van der Waals surface area contributed by atoms with Gasteiger partial charge in [0.15, 0.2) is 0 Å². The predicted octanol–water partition coefficient (Wildman–Crippen LogP) is 2.38. The number of nitrogen functional groups attached to an aromatic ring is 1. The Morgan fingerprint density at radius 2 is 2.36 bits per heavy atom. The Hall–Kier alpha value is -0.570. The number of aryl methyl sites for hydroxylation is 1. The Bertz CT molecular complexity index is 248. The smallest absolute Gasteiger partial charge is 0.137 e. The van der Waals surface area contributed by atoms with Crippen LogP contribution in [0, 0.1) is 0 Å². The fourth-order valence-electron chi connectivity index (χ4n) is 0.964. The van der Waals surface area contributed by atoms with Gasteiger partial charge in [0.2, 0.25) is 0 Å². The van der Waals surface area contributed by atoms with Crippen molar-refractivity contribution in [1.29, 1.82) is 0 Å². The summed E-state index contributed by atoms with van der Waals surface area (Å²) in [6, 6.07) is 1.99. The second-order valence-corrected chi connectivity index (χ2v) is 3.21. The molecule has 0 aliphatic heterocycles. The Morgan fingerprint density at radius 1 is 1.64 bits per heavy atom. The van der Waals surface area contributed by atoms with Crippen LogP contribution in [0.2, 0.25) is 0 Å². The van der Waals surface area contributed by atoms with Gasteiger partial charge in [0.05, 0.1) is 4.47 Å². The van der Waals surface area contributed by atoms with Gasteiger partial charge >= 0.3 is 0 Å². The molecule has 0 aromatic carbocycles. The maximum atomic E-state index is 5.59. The normalized spacial score (nSPS) is 10.0. The third kappa shape index (κ3) is 1.93. The topological polar surface area (TPSA) is 38.9 Å². The summed E-state index contributed by atoms with van der Waals surface area (Å²) in [5.41, 5.74) is 6.83. The highest BCUT2D eigenvalue weighted by molar-refractivity contribution is 9.10. The quantitative estimate of drug-likeness (QED) is 0.822. The number of anilines is 1. The van der Waals surface area contributed by atoms with Gasteiger partial charge in [0.25, 0.3) is 0 Å². The monoisotopic (exact) mass is 214 g/mol. The molecule has 0 bridgehead atoms. The van der Waals surface area contributed by atoms with E-state index < -0.39 is 0 Å². The maximum absolute atomic E-state index is 5.59. The molecular weight excluding hydrogens is 204 g/mol. The van der Waals surface area contributed by atoms with Gasteiger partial charge < -0.3 is 5.73 Å². The van der Waals surface area contributed by atoms with E-state index in [0.717, 1.165) is 17.3 Å². The first-order valence-electron chi connectivity index (χ1n) is 3.64. The van der Waals surface area contributed by atoms with Crippen molar-refractivity contribution >= 4 is 21.7 Å². The molecule has 3 heteroatoms. The van der Waals surface area contributed by atoms with Gasteiger partial charge in [-0.3, -0.25) is 0 Å². The summed E-state index contributed by atoms with van der Waals surface area (Å²) in [7, 11) is 0. The largest absolute Gasteiger partial charge is 0.383 e. The van der Waals surface area contributed by atoms with Crippen LogP contribution in [0.4, 0.5) is 5.82 Å². The van der Waals surface area contributed by atoms with Crippen LogP contribution in [0.25, 0.3) is 0 Å². The molecule has 1 aromatic heterocycles. The summed E-state index contributed by atoms with van der Waals surface area (Å²) >= 11 is 3.39. The fourth-order valence-corrected chi connectivity index (χ4v) is 1.40. The third-order valence-electron chi connectivity index (χ3n) is 1.52. The van der Waals surface area contributed by atoms with Crippen LogP contribution in [0.15, 0.2) is 16.7 Å². The molecule has 0 saturated carbocycles. The van der Waals surface area contributed by atoms with Gasteiger partial charge in [-0.15, -0.1) is 0 Å². The first-order chi connectivity index (χ1) is 5.25. The minimum Gasteiger partial charge on any atom is -0.383 e. The lowest BCUT2D eigenvalue weighted by atomic mass is 10.1. The molecule has 0 aliphatic rings. The summed E-state index contributed by atoms with van der Waals surface area (Å²) in [4.78, 5) is 3.95. The number of halogens is 1. The van der Waals surface area contributed by atoms with Gasteiger partial charge in [-0.2, -0.15) is 0 Å². The Balaban J connectivity index is 2.96. The maximum Gasteiger partial charge on any atom is 0.137 e. The first-order valence-corrected chi connectivity index (χ1v) is 4.44. The number of pyridine rings is 1. The molecule has 1 heterocycles. The van der Waals surface area contributed by atoms with E-state index in [-0.39, 0.29) is 0 Å². The van der Waals surface area contributed by atoms with Gasteiger partial charge in [-0.25, -0.2) is 4.98 Å². The van der Waals surface area contributed by atoms with Gasteiger partial charge in [-0.1, -0.05) is 13.3 Å². The Kier molecular flexibility index (Phi) is 2.88. The molecule has 0 radical (unpaired) electrons. The minimum absolute atomic E-state index is 0.580. The first kappa shape index (κ1) is 8.53. The van der Waals surface area contributed by atoms with Crippen LogP contribution >= 0.6 is 15.9 Å². The van der Waals surface area contributed by atoms with Crippen LogP contribution in [0.3, 0.4) is 0 Å². The van der Waals surface area contributed by atoms with E-state index in [0.29, 0.717) is 5.82 Å². The molecule has 11 heavy (non-hydrogen) atoms. The number of hydrogen-bond acceptors (Lipinski definition) is 2. The zero-order valence-corrected chi connectivity index (χ0v) is 8.06. The Morgan fingerprint density at radius 3 is 3.00 bits per heavy atom. The molecule has 2 N–H and O–H groups in total. The average molecular weight is 215 g/mol. The predicted molar refractivity (Wildman–Crippen MR) is 50.3 cm³/mol. The lowest BCUT2D eigenvalue weighted by molar-refractivity contribution is 0.914. The van der Waals surface area contributed by atoms with E-state index in [1.54, 1.807) is 6.20 Å². The van der Waals surface area contributed by atoms with Crippen LogP contribution in [-0.4, -0.2) is 4.98 Å². The number of nitrogens with zero attached hydrogens (tertiary/aromatic N) is 1. The van der Waals surface area contributed by atoms with Crippen LogP contribution in [0.1, 0.15) is 18.9 Å². The van der Waals surface area contributed by atoms with Crippen molar-refractivity contribution in [2.75, 3.05) is 5.73 Å². The van der Waals surface area contributed by atoms with Crippen LogP contribution < -0.4 is 5.73 Å². The van der Waals surface area contributed by atoms with Gasteiger partial charge in [0, 0.05) is 6.20 Å². The van der Waals surface area contributed by atoms with Crippen LogP contribution in [0.5, 0.6) is 0 Å². The second-order valence-electron chi connectivity index (χ2n) is 2.42. The summed E-state index contributed by atoms with van der Waals surface area (Å²) in [6.45, 7) is 2.14. The molecule has 0 atom stereocenters. The zero-order valence-electron chi connectivity index (χ0n) is 6.47. The zero-order chi connectivity index (χ0) is 8.27. The highest BCUT2D eigenvalue weighted by Gasteiger charge is 2.01. The van der Waals surface area contributed by atoms with Gasteiger partial charge in [-0.05, 0) is 34.0 Å². The number of aromatic nitrogens is 1. The van der Waals surface area contributed by atoms with Crippen molar-refractivity contribution < 1.29 is 0 Å². The molecule has 0 amide bonds. The summed E-state index contributed by atoms with van der Waals surface area (Å²) < 4.78 is 0.946. The number of nitrogens with two attached hydrogens (primary N) is 1. The average Bonchev–Trinajstić information content (AvgIpc) is 1.99. The van der Waals surface area contributed by atoms with E-state index >= 15 is 0 Å². The van der Waals surface area contributed by atoms with Crippen molar-refractivity contribution in [2.24, 2.45) is 0 Å². The van der Waals surface area contributed by atoms with E-state index in [4.69, 9.17) is 5.73 Å². The fraction of sp³-hybridized carbons (Fsp3) is 0.375. The SMILES string of the molecule is CCCc1ccnc(N)c1Br. The van der Waals surface area contributed by atoms with E-state index in [9.17, 15) is 0 Å². The number of hydrogen-bond donors (Lipinski definition) is 1. The lowest BCUT2D eigenvalue weighted by Gasteiger charge is -2.03. The van der Waals surface area contributed by atoms with Crippen LogP contribution in [-0.2, 0) is 6.42 Å². The molecule has 1 rings (SSSR count). The molecule has 0 aliphatic carbocycles. The number of rotatable bonds is 2. The minimum atomic E-state index is 0.580. The van der Waals surface area contributed by atoms with E-state index in [1.165, 1.54) is 5.56 Å². The van der Waals surface area contributed by atoms with Crippen molar-refractivity contribution in [3.05, 3.63) is 22.3 Å². The molecule has 1 aromatic rings. The molecule has 0 saturated heterocycles. The van der Waals surface area contributed by atoms with Gasteiger partial charge in [0.1, 0.15) is 5.82 Å². The third-order valence-corrected chi connectivity index (χ3v) is 2.43. The van der Waals surface area contributed by atoms with Crippen molar-refractivity contribution in [2.45, 2.75) is 19.8 Å². The Labute approximate surface area is 75.0 Å². The van der Waals surface area contributed by atoms with Crippen molar-refractivity contribution in [1.82, 2.24) is 4.98 Å². The second kappa shape index (κ2) is 3.72. The highest BCUT2D eigenvalue weighted by atomic mass is 79.9. The van der Waals surface area contributed by atoms with E-state index in [1.807, 2.05) is 6.07 Å². The summed E-state index contributed by atoms with van der Waals surface area (Å²) in [5, 5.41) is 0. The molecular formula is C8H11BrN2. The van der Waals surface area contributed by atoms with Crippen molar-refractivity contribution in [3.63, 3.8) is 0 Å². The molecule has 0 unspecified atom stereocenters. The standard InChI is InChI=1S/C8H11BrN2/c1-2-3-6-4-5-11-8(10)7(6)9/h4-5H,2-3H2,1H3,(H2,10,11). The lowest BCUT2D eigenvalue weighted by Crippen LogP contribution is -1.94. The molecule has 2 nitrogen and oxygen atoms in total. The highest BCUT2D eigenvalue weighted by Crippen LogP contribution is 2.22. The van der Waals surface area contributed by atoms with Crippen molar-refractivity contribution in [3.8, 4) is 0 Å². The molecule has 60 valence electrons. The van der Waals surface area contributed by atoms with E-state index in [2.05, 4.69) is 27.8 Å².